The molecule has 0 radical (unpaired) electrons. The summed E-state index contributed by atoms with van der Waals surface area (Å²) in [6.45, 7) is 0. The molecule has 0 saturated carbocycles. The molecule has 132 valence electrons. The molecule has 1 aromatic heterocycles. The highest BCUT2D eigenvalue weighted by Crippen LogP contribution is 2.40. The van der Waals surface area contributed by atoms with Gasteiger partial charge in [-0.1, -0.05) is 60.7 Å². The number of hydrogen-bond acceptors (Lipinski definition) is 3. The van der Waals surface area contributed by atoms with Gasteiger partial charge in [0.25, 0.3) is 0 Å². The monoisotopic (exact) mass is 370 g/mol. The zero-order valence-corrected chi connectivity index (χ0v) is 15.7. The summed E-state index contributed by atoms with van der Waals surface area (Å²) >= 11 is 5.45. The molecule has 4 aromatic rings. The summed E-state index contributed by atoms with van der Waals surface area (Å²) in [6.07, 6.45) is 0. The van der Waals surface area contributed by atoms with Gasteiger partial charge in [0.2, 0.25) is 0 Å². The summed E-state index contributed by atoms with van der Waals surface area (Å²) in [5, 5.41) is 0. The summed E-state index contributed by atoms with van der Waals surface area (Å²) in [6, 6.07) is 30.3. The van der Waals surface area contributed by atoms with E-state index in [4.69, 9.17) is 21.4 Å². The van der Waals surface area contributed by atoms with Crippen LogP contribution in [-0.2, 0) is 0 Å². The third-order valence-electron chi connectivity index (χ3n) is 4.46. The van der Waals surface area contributed by atoms with Gasteiger partial charge in [0, 0.05) is 17.2 Å². The minimum atomic E-state index is 0.458. The second kappa shape index (κ2) is 7.60. The lowest BCUT2D eigenvalue weighted by Crippen LogP contribution is -1.91. The second-order valence-corrected chi connectivity index (χ2v) is 6.55. The van der Waals surface area contributed by atoms with Crippen molar-refractivity contribution in [3.05, 3.63) is 95.7 Å². The van der Waals surface area contributed by atoms with E-state index in [9.17, 15) is 0 Å². The van der Waals surface area contributed by atoms with Gasteiger partial charge in [0.05, 0.1) is 7.11 Å². The van der Waals surface area contributed by atoms with E-state index >= 15 is 0 Å². The van der Waals surface area contributed by atoms with Crippen molar-refractivity contribution in [2.24, 2.45) is 0 Å². The third kappa shape index (κ3) is 3.55. The van der Waals surface area contributed by atoms with Gasteiger partial charge in [0.15, 0.2) is 4.71 Å². The van der Waals surface area contributed by atoms with Crippen molar-refractivity contribution in [1.82, 2.24) is 0 Å². The van der Waals surface area contributed by atoms with Crippen LogP contribution in [0.5, 0.6) is 5.75 Å². The van der Waals surface area contributed by atoms with Gasteiger partial charge < -0.3 is 9.15 Å². The molecule has 2 nitrogen and oxygen atoms in total. The molecule has 0 unspecified atom stereocenters. The fraction of sp³-hybridized carbons (Fsp3) is 0.0417. The summed E-state index contributed by atoms with van der Waals surface area (Å²) in [5.74, 6) is 1.56. The molecule has 0 amide bonds. The van der Waals surface area contributed by atoms with Crippen LogP contribution in [0.2, 0.25) is 0 Å². The van der Waals surface area contributed by atoms with Crippen molar-refractivity contribution in [1.29, 1.82) is 0 Å². The van der Waals surface area contributed by atoms with Crippen molar-refractivity contribution >= 4 is 12.2 Å². The van der Waals surface area contributed by atoms with Gasteiger partial charge in [-0.05, 0) is 53.2 Å². The van der Waals surface area contributed by atoms with E-state index in [-0.39, 0.29) is 0 Å². The summed E-state index contributed by atoms with van der Waals surface area (Å²) in [4.78, 5) is 0. The molecule has 0 bridgehead atoms. The fourth-order valence-electron chi connectivity index (χ4n) is 3.18. The first-order chi connectivity index (χ1) is 13.3. The Bertz CT molecular complexity index is 1100. The molecule has 0 aliphatic rings. The van der Waals surface area contributed by atoms with Gasteiger partial charge in [-0.15, -0.1) is 0 Å². The van der Waals surface area contributed by atoms with Crippen molar-refractivity contribution < 1.29 is 9.15 Å². The highest BCUT2D eigenvalue weighted by Gasteiger charge is 2.17. The standard InChI is InChI=1S/C24H18O2S/c1-25-20-14-12-19(13-15-20)24-23(18-10-6-3-7-11-18)21(16-22(27)26-24)17-8-4-2-5-9-17/h2-16H,1H3. The number of benzene rings is 3. The number of hydrogen-bond donors (Lipinski definition) is 0. The van der Waals surface area contributed by atoms with Crippen LogP contribution < -0.4 is 4.74 Å². The van der Waals surface area contributed by atoms with Crippen LogP contribution in [0.4, 0.5) is 0 Å². The Balaban J connectivity index is 2.03. The van der Waals surface area contributed by atoms with Gasteiger partial charge in [0.1, 0.15) is 11.5 Å². The van der Waals surface area contributed by atoms with Crippen LogP contribution in [0.25, 0.3) is 33.6 Å². The third-order valence-corrected chi connectivity index (χ3v) is 4.66. The number of ether oxygens (including phenoxy) is 1. The molecule has 1 heterocycles. The lowest BCUT2D eigenvalue weighted by molar-refractivity contribution is 0.415. The SMILES string of the molecule is COc1ccc(-c2oc(=S)cc(-c3ccccc3)c2-c2ccccc2)cc1. The first-order valence-corrected chi connectivity index (χ1v) is 9.10. The Morgan fingerprint density at radius 1 is 0.704 bits per heavy atom. The van der Waals surface area contributed by atoms with E-state index in [0.29, 0.717) is 4.71 Å². The predicted octanol–water partition coefficient (Wildman–Crippen LogP) is 7.02. The molecular weight excluding hydrogens is 352 g/mol. The molecule has 27 heavy (non-hydrogen) atoms. The van der Waals surface area contributed by atoms with Crippen LogP contribution in [0.3, 0.4) is 0 Å². The summed E-state index contributed by atoms with van der Waals surface area (Å²) in [7, 11) is 1.66. The average molecular weight is 370 g/mol. The summed E-state index contributed by atoms with van der Waals surface area (Å²) in [5.41, 5.74) is 5.23. The van der Waals surface area contributed by atoms with Gasteiger partial charge in [-0.2, -0.15) is 0 Å². The van der Waals surface area contributed by atoms with Crippen LogP contribution >= 0.6 is 12.2 Å². The molecule has 0 spiro atoms. The number of methoxy groups -OCH3 is 1. The largest absolute Gasteiger partial charge is 0.497 e. The zero-order chi connectivity index (χ0) is 18.6. The Labute approximate surface area is 163 Å². The van der Waals surface area contributed by atoms with Crippen LogP contribution in [0.1, 0.15) is 0 Å². The Kier molecular flexibility index (Phi) is 4.86. The Hall–Kier alpha value is -3.17. The van der Waals surface area contributed by atoms with Crippen molar-refractivity contribution in [2.45, 2.75) is 0 Å². The van der Waals surface area contributed by atoms with Crippen molar-refractivity contribution in [3.8, 4) is 39.3 Å². The maximum Gasteiger partial charge on any atom is 0.191 e. The van der Waals surface area contributed by atoms with E-state index in [1.807, 2.05) is 66.7 Å². The van der Waals surface area contributed by atoms with Gasteiger partial charge in [-0.3, -0.25) is 0 Å². The normalized spacial score (nSPS) is 10.6. The summed E-state index contributed by atoms with van der Waals surface area (Å²) < 4.78 is 11.8. The first-order valence-electron chi connectivity index (χ1n) is 8.69. The lowest BCUT2D eigenvalue weighted by Gasteiger charge is -2.15. The van der Waals surface area contributed by atoms with Gasteiger partial charge in [-0.25, -0.2) is 0 Å². The van der Waals surface area contributed by atoms with Crippen molar-refractivity contribution in [3.63, 3.8) is 0 Å². The fourth-order valence-corrected chi connectivity index (χ4v) is 3.38. The van der Waals surface area contributed by atoms with E-state index < -0.39 is 0 Å². The van der Waals surface area contributed by atoms with E-state index in [1.165, 1.54) is 0 Å². The molecule has 0 fully saturated rings. The molecular formula is C24H18O2S. The molecule has 0 atom stereocenters. The lowest BCUT2D eigenvalue weighted by atomic mass is 9.92. The van der Waals surface area contributed by atoms with Crippen LogP contribution in [0, 0.1) is 4.71 Å². The minimum Gasteiger partial charge on any atom is -0.497 e. The topological polar surface area (TPSA) is 22.4 Å². The van der Waals surface area contributed by atoms with Crippen molar-refractivity contribution in [2.75, 3.05) is 7.11 Å². The molecule has 0 aliphatic carbocycles. The smallest absolute Gasteiger partial charge is 0.191 e. The van der Waals surface area contributed by atoms with Crippen LogP contribution in [-0.4, -0.2) is 7.11 Å². The minimum absolute atomic E-state index is 0.458. The molecule has 3 aromatic carbocycles. The predicted molar refractivity (Wildman–Crippen MR) is 112 cm³/mol. The highest BCUT2D eigenvalue weighted by molar-refractivity contribution is 7.71. The Morgan fingerprint density at radius 3 is 1.89 bits per heavy atom. The van der Waals surface area contributed by atoms with Crippen LogP contribution in [0.15, 0.2) is 95.4 Å². The van der Waals surface area contributed by atoms with E-state index in [1.54, 1.807) is 7.11 Å². The maximum atomic E-state index is 6.06. The maximum absolute atomic E-state index is 6.06. The molecule has 3 heteroatoms. The average Bonchev–Trinajstić information content (AvgIpc) is 2.74. The van der Waals surface area contributed by atoms with E-state index in [0.717, 1.165) is 39.3 Å². The zero-order valence-electron chi connectivity index (χ0n) is 14.9. The quantitative estimate of drug-likeness (QED) is 0.360. The highest BCUT2D eigenvalue weighted by atomic mass is 32.1. The molecule has 0 N–H and O–H groups in total. The first kappa shape index (κ1) is 17.3. The molecule has 0 saturated heterocycles. The second-order valence-electron chi connectivity index (χ2n) is 6.14. The molecule has 4 rings (SSSR count). The van der Waals surface area contributed by atoms with Gasteiger partial charge >= 0.3 is 0 Å². The molecule has 0 aliphatic heterocycles. The van der Waals surface area contributed by atoms with E-state index in [2.05, 4.69) is 24.3 Å². The Morgan fingerprint density at radius 2 is 1.30 bits per heavy atom. The number of rotatable bonds is 4.